The topological polar surface area (TPSA) is 119 Å². The first kappa shape index (κ1) is 23.9. The van der Waals surface area contributed by atoms with Crippen molar-refractivity contribution in [1.82, 2.24) is 10.2 Å². The first-order valence-electron chi connectivity index (χ1n) is 11.6. The van der Waals surface area contributed by atoms with Crippen LogP contribution in [0.15, 0.2) is 52.4 Å². The summed E-state index contributed by atoms with van der Waals surface area (Å²) in [6.07, 6.45) is 0.388. The van der Waals surface area contributed by atoms with Crippen molar-refractivity contribution < 1.29 is 28.6 Å². The SMILES string of the molecule is CCOC(=O)CSC1=Nc2ccccc2C2=NC(CCC(=O)NCc3ccc4c(c3)OCO4)C(=O)N12. The van der Waals surface area contributed by atoms with Crippen molar-refractivity contribution in [3.63, 3.8) is 0 Å². The van der Waals surface area contributed by atoms with Crippen LogP contribution in [0.4, 0.5) is 5.69 Å². The number of hydrogen-bond acceptors (Lipinski definition) is 9. The lowest BCUT2D eigenvalue weighted by Gasteiger charge is -2.25. The van der Waals surface area contributed by atoms with Gasteiger partial charge in [0.25, 0.3) is 5.91 Å². The van der Waals surface area contributed by atoms with Gasteiger partial charge in [0.2, 0.25) is 12.7 Å². The predicted molar refractivity (Wildman–Crippen MR) is 133 cm³/mol. The molecule has 36 heavy (non-hydrogen) atoms. The van der Waals surface area contributed by atoms with Crippen molar-refractivity contribution in [2.75, 3.05) is 19.2 Å². The zero-order chi connectivity index (χ0) is 25.1. The molecule has 0 spiro atoms. The number of esters is 1. The smallest absolute Gasteiger partial charge is 0.316 e. The molecule has 1 unspecified atom stereocenters. The summed E-state index contributed by atoms with van der Waals surface area (Å²) in [5, 5.41) is 3.25. The van der Waals surface area contributed by atoms with Crippen molar-refractivity contribution in [2.45, 2.75) is 32.4 Å². The molecule has 0 aromatic heterocycles. The van der Waals surface area contributed by atoms with E-state index in [0.29, 0.717) is 34.7 Å². The van der Waals surface area contributed by atoms with Gasteiger partial charge >= 0.3 is 5.97 Å². The van der Waals surface area contributed by atoms with E-state index in [1.165, 1.54) is 4.90 Å². The van der Waals surface area contributed by atoms with Crippen LogP contribution in [0.1, 0.15) is 30.9 Å². The molecule has 11 heteroatoms. The van der Waals surface area contributed by atoms with Crippen molar-refractivity contribution in [2.24, 2.45) is 9.98 Å². The van der Waals surface area contributed by atoms with E-state index >= 15 is 0 Å². The molecule has 0 aliphatic carbocycles. The standard InChI is InChI=1S/C25H24N4O6S/c1-2-33-22(31)13-36-25-28-17-6-4-3-5-16(17)23-27-18(24(32)29(23)25)8-10-21(30)26-12-15-7-9-19-20(11-15)35-14-34-19/h3-7,9,11,18H,2,8,10,12-14H2,1H3,(H,26,30). The van der Waals surface area contributed by atoms with Gasteiger partial charge in [-0.05, 0) is 43.2 Å². The van der Waals surface area contributed by atoms with Crippen molar-refractivity contribution in [3.8, 4) is 11.5 Å². The summed E-state index contributed by atoms with van der Waals surface area (Å²) >= 11 is 1.13. The van der Waals surface area contributed by atoms with E-state index in [0.717, 1.165) is 22.9 Å². The van der Waals surface area contributed by atoms with Crippen LogP contribution in [0.5, 0.6) is 11.5 Å². The molecular formula is C25H24N4O6S. The second kappa shape index (κ2) is 10.4. The number of fused-ring (bicyclic) bond motifs is 4. The van der Waals surface area contributed by atoms with Crippen molar-refractivity contribution in [1.29, 1.82) is 0 Å². The molecule has 3 heterocycles. The maximum Gasteiger partial charge on any atom is 0.316 e. The van der Waals surface area contributed by atoms with Crippen LogP contribution in [-0.4, -0.2) is 58.9 Å². The van der Waals surface area contributed by atoms with E-state index < -0.39 is 6.04 Å². The Balaban J connectivity index is 1.22. The molecule has 5 rings (SSSR count). The zero-order valence-corrected chi connectivity index (χ0v) is 20.4. The normalized spacial score (nSPS) is 17.2. The van der Waals surface area contributed by atoms with E-state index in [9.17, 15) is 14.4 Å². The Morgan fingerprint density at radius 2 is 2.03 bits per heavy atom. The van der Waals surface area contributed by atoms with Crippen LogP contribution in [0.25, 0.3) is 0 Å². The number of hydrogen-bond donors (Lipinski definition) is 1. The zero-order valence-electron chi connectivity index (χ0n) is 19.6. The number of thioether (sulfide) groups is 1. The van der Waals surface area contributed by atoms with Gasteiger partial charge in [0.05, 0.1) is 18.0 Å². The third-order valence-corrected chi connectivity index (χ3v) is 6.66. The lowest BCUT2D eigenvalue weighted by molar-refractivity contribution is -0.139. The van der Waals surface area contributed by atoms with E-state index in [4.69, 9.17) is 14.2 Å². The van der Waals surface area contributed by atoms with Crippen LogP contribution in [-0.2, 0) is 25.7 Å². The fraction of sp³-hybridized carbons (Fsp3) is 0.320. The van der Waals surface area contributed by atoms with Gasteiger partial charge < -0.3 is 19.5 Å². The van der Waals surface area contributed by atoms with Gasteiger partial charge in [-0.1, -0.05) is 30.0 Å². The predicted octanol–water partition coefficient (Wildman–Crippen LogP) is 2.77. The number of carbonyl (C=O) groups excluding carboxylic acids is 3. The fourth-order valence-electron chi connectivity index (χ4n) is 4.02. The number of amides is 2. The van der Waals surface area contributed by atoms with Crippen molar-refractivity contribution >= 4 is 46.2 Å². The highest BCUT2D eigenvalue weighted by Crippen LogP contribution is 2.34. The highest BCUT2D eigenvalue weighted by molar-refractivity contribution is 8.14. The number of benzene rings is 2. The number of aliphatic imine (C=N–C) groups is 2. The number of rotatable bonds is 8. The second-order valence-corrected chi connectivity index (χ2v) is 9.09. The number of ether oxygens (including phenoxy) is 3. The lowest BCUT2D eigenvalue weighted by Crippen LogP contribution is -2.41. The van der Waals surface area contributed by atoms with Crippen LogP contribution in [0, 0.1) is 0 Å². The first-order chi connectivity index (χ1) is 17.5. The largest absolute Gasteiger partial charge is 0.465 e. The summed E-state index contributed by atoms with van der Waals surface area (Å²) in [4.78, 5) is 48.3. The molecule has 10 nitrogen and oxygen atoms in total. The molecule has 1 atom stereocenters. The molecule has 0 bridgehead atoms. The van der Waals surface area contributed by atoms with E-state index in [2.05, 4.69) is 15.3 Å². The monoisotopic (exact) mass is 508 g/mol. The van der Waals surface area contributed by atoms with Crippen LogP contribution in [0.2, 0.25) is 0 Å². The van der Waals surface area contributed by atoms with Crippen LogP contribution in [0.3, 0.4) is 0 Å². The first-order valence-corrected chi connectivity index (χ1v) is 12.6. The lowest BCUT2D eigenvalue weighted by atomic mass is 10.1. The molecule has 2 aromatic carbocycles. The average Bonchev–Trinajstić information content (AvgIpc) is 3.49. The number of nitrogens with zero attached hydrogens (tertiary/aromatic N) is 3. The molecule has 186 valence electrons. The average molecular weight is 509 g/mol. The molecule has 0 saturated heterocycles. The Hall–Kier alpha value is -3.86. The summed E-state index contributed by atoms with van der Waals surface area (Å²) in [5.74, 6) is 1.02. The summed E-state index contributed by atoms with van der Waals surface area (Å²) < 4.78 is 15.7. The van der Waals surface area contributed by atoms with E-state index in [-0.39, 0.29) is 49.8 Å². The highest BCUT2D eigenvalue weighted by Gasteiger charge is 2.41. The summed E-state index contributed by atoms with van der Waals surface area (Å²) in [5.41, 5.74) is 2.30. The minimum Gasteiger partial charge on any atom is -0.465 e. The second-order valence-electron chi connectivity index (χ2n) is 8.15. The maximum atomic E-state index is 13.3. The Labute approximate surface area is 211 Å². The van der Waals surface area contributed by atoms with Gasteiger partial charge in [-0.3, -0.25) is 19.4 Å². The van der Waals surface area contributed by atoms with Gasteiger partial charge in [-0.25, -0.2) is 9.89 Å². The molecule has 1 N–H and O–H groups in total. The molecule has 3 aliphatic rings. The highest BCUT2D eigenvalue weighted by atomic mass is 32.2. The van der Waals surface area contributed by atoms with Gasteiger partial charge in [0.1, 0.15) is 11.9 Å². The van der Waals surface area contributed by atoms with Gasteiger partial charge in [0, 0.05) is 18.5 Å². The van der Waals surface area contributed by atoms with Crippen LogP contribution < -0.4 is 14.8 Å². The molecule has 0 radical (unpaired) electrons. The molecular weight excluding hydrogens is 484 g/mol. The third-order valence-electron chi connectivity index (χ3n) is 5.74. The summed E-state index contributed by atoms with van der Waals surface area (Å²) in [6, 6.07) is 12.2. The summed E-state index contributed by atoms with van der Waals surface area (Å²) in [7, 11) is 0. The van der Waals surface area contributed by atoms with E-state index in [1.807, 2.05) is 42.5 Å². The van der Waals surface area contributed by atoms with Gasteiger partial charge in [-0.15, -0.1) is 0 Å². The Bertz CT molecular complexity index is 1280. The van der Waals surface area contributed by atoms with Gasteiger partial charge in [-0.2, -0.15) is 0 Å². The fourth-order valence-corrected chi connectivity index (χ4v) is 4.82. The minimum atomic E-state index is -0.712. The maximum absolute atomic E-state index is 13.3. The Morgan fingerprint density at radius 1 is 1.19 bits per heavy atom. The van der Waals surface area contributed by atoms with Crippen molar-refractivity contribution in [3.05, 3.63) is 53.6 Å². The molecule has 3 aliphatic heterocycles. The minimum absolute atomic E-state index is 0.0266. The molecule has 2 amide bonds. The quantitative estimate of drug-likeness (QED) is 0.545. The van der Waals surface area contributed by atoms with E-state index in [1.54, 1.807) is 6.92 Å². The third kappa shape index (κ3) is 4.92. The molecule has 2 aromatic rings. The number of para-hydroxylation sites is 1. The molecule has 0 saturated carbocycles. The summed E-state index contributed by atoms with van der Waals surface area (Å²) in [6.45, 7) is 2.55. The Morgan fingerprint density at radius 3 is 2.89 bits per heavy atom. The number of amidine groups is 2. The van der Waals surface area contributed by atoms with Gasteiger partial charge in [0.15, 0.2) is 16.7 Å². The molecule has 0 fully saturated rings. The Kier molecular flexibility index (Phi) is 6.90. The number of nitrogens with one attached hydrogen (secondary N) is 1. The number of carbonyl (C=O) groups is 3. The van der Waals surface area contributed by atoms with Crippen LogP contribution >= 0.6 is 11.8 Å².